The first-order valence-corrected chi connectivity index (χ1v) is 11.2. The molecule has 0 aromatic carbocycles. The summed E-state index contributed by atoms with van der Waals surface area (Å²) in [4.78, 5) is 11.9. The van der Waals surface area contributed by atoms with Gasteiger partial charge in [-0.15, -0.1) is 0 Å². The molecule has 2 aromatic rings. The van der Waals surface area contributed by atoms with Crippen molar-refractivity contribution in [1.29, 1.82) is 0 Å². The van der Waals surface area contributed by atoms with Gasteiger partial charge in [0.1, 0.15) is 11.6 Å². The van der Waals surface area contributed by atoms with Gasteiger partial charge in [-0.3, -0.25) is 0 Å². The number of anilines is 2. The van der Waals surface area contributed by atoms with E-state index in [-0.39, 0.29) is 5.54 Å². The number of aryl methyl sites for hydroxylation is 1. The number of rotatable bonds is 4. The van der Waals surface area contributed by atoms with Crippen molar-refractivity contribution in [3.05, 3.63) is 24.0 Å². The van der Waals surface area contributed by atoms with Crippen LogP contribution in [0.1, 0.15) is 44.2 Å². The van der Waals surface area contributed by atoms with Crippen LogP contribution in [0.5, 0.6) is 0 Å². The minimum absolute atomic E-state index is 0.0627. The van der Waals surface area contributed by atoms with Crippen LogP contribution in [0, 0.1) is 18.8 Å². The monoisotopic (exact) mass is 410 g/mol. The van der Waals surface area contributed by atoms with Gasteiger partial charge in [-0.25, -0.2) is 4.68 Å². The summed E-state index contributed by atoms with van der Waals surface area (Å²) in [6, 6.07) is 4.03. The predicted molar refractivity (Wildman–Crippen MR) is 113 cm³/mol. The van der Waals surface area contributed by atoms with E-state index >= 15 is 0 Å². The maximum Gasteiger partial charge on any atom is 0.254 e. The molecule has 7 rings (SSSR count). The maximum absolute atomic E-state index is 11.1. The second-order valence-electron chi connectivity index (χ2n) is 10.0. The molecule has 2 N–H and O–H groups in total. The molecule has 4 aliphatic carbocycles. The Bertz CT molecular complexity index is 939. The molecule has 8 heteroatoms. The lowest BCUT2D eigenvalue weighted by Crippen LogP contribution is -2.62. The molecule has 5 fully saturated rings. The number of nitrogens with zero attached hydrogens (tertiary/aromatic N) is 5. The van der Waals surface area contributed by atoms with E-state index in [1.54, 1.807) is 4.68 Å². The molecule has 0 spiro atoms. The zero-order valence-electron chi connectivity index (χ0n) is 17.5. The van der Waals surface area contributed by atoms with Crippen LogP contribution >= 0.6 is 0 Å². The Kier molecular flexibility index (Phi) is 4.12. The number of aromatic nitrogens is 4. The average Bonchev–Trinajstić information content (AvgIpc) is 3.12. The summed E-state index contributed by atoms with van der Waals surface area (Å²) in [5, 5.41) is 19.5. The lowest BCUT2D eigenvalue weighted by atomic mass is 9.51. The normalized spacial score (nSPS) is 35.1. The first kappa shape index (κ1) is 18.6. The van der Waals surface area contributed by atoms with Crippen molar-refractivity contribution >= 4 is 11.6 Å². The van der Waals surface area contributed by atoms with Gasteiger partial charge < -0.3 is 20.1 Å². The van der Waals surface area contributed by atoms with Crippen LogP contribution < -0.4 is 10.2 Å². The SMILES string of the molecule is Cc1ccn(-c2nc(NC34CC5CC(CC(O)(C5)C3)C4)cc(N3CCOCC3)n2)n1. The highest BCUT2D eigenvalue weighted by atomic mass is 16.5. The van der Waals surface area contributed by atoms with Crippen LogP contribution in [0.25, 0.3) is 5.95 Å². The van der Waals surface area contributed by atoms with E-state index in [1.807, 2.05) is 19.2 Å². The number of morpholine rings is 1. The summed E-state index contributed by atoms with van der Waals surface area (Å²) in [5.74, 6) is 3.57. The Morgan fingerprint density at radius 3 is 2.57 bits per heavy atom. The lowest BCUT2D eigenvalue weighted by molar-refractivity contribution is -0.127. The average molecular weight is 411 g/mol. The van der Waals surface area contributed by atoms with Crippen molar-refractivity contribution in [1.82, 2.24) is 19.7 Å². The highest BCUT2D eigenvalue weighted by Crippen LogP contribution is 2.58. The molecule has 2 atom stereocenters. The maximum atomic E-state index is 11.1. The van der Waals surface area contributed by atoms with Crippen LogP contribution in [0.15, 0.2) is 18.3 Å². The number of hydrogen-bond donors (Lipinski definition) is 2. The van der Waals surface area contributed by atoms with Gasteiger partial charge in [0.15, 0.2) is 0 Å². The molecule has 2 unspecified atom stereocenters. The smallest absolute Gasteiger partial charge is 0.254 e. The number of ether oxygens (including phenoxy) is 1. The largest absolute Gasteiger partial charge is 0.390 e. The molecular formula is C22H30N6O2. The predicted octanol–water partition coefficient (Wildman–Crippen LogP) is 2.30. The van der Waals surface area contributed by atoms with E-state index < -0.39 is 5.60 Å². The van der Waals surface area contributed by atoms with E-state index in [0.717, 1.165) is 62.5 Å². The third-order valence-corrected chi connectivity index (χ3v) is 7.39. The summed E-state index contributed by atoms with van der Waals surface area (Å²) in [7, 11) is 0. The number of aliphatic hydroxyl groups is 1. The summed E-state index contributed by atoms with van der Waals surface area (Å²) in [6.07, 6.45) is 8.18. The third-order valence-electron chi connectivity index (χ3n) is 7.39. The van der Waals surface area contributed by atoms with Crippen molar-refractivity contribution in [3.8, 4) is 5.95 Å². The Balaban J connectivity index is 1.36. The Hall–Kier alpha value is -2.19. The quantitative estimate of drug-likeness (QED) is 0.800. The van der Waals surface area contributed by atoms with Gasteiger partial charge in [0, 0.05) is 30.9 Å². The van der Waals surface area contributed by atoms with Crippen LogP contribution in [-0.4, -0.2) is 62.3 Å². The Morgan fingerprint density at radius 2 is 1.90 bits per heavy atom. The molecule has 5 aliphatic rings. The summed E-state index contributed by atoms with van der Waals surface area (Å²) in [6.45, 7) is 5.04. The van der Waals surface area contributed by atoms with E-state index in [2.05, 4.69) is 21.4 Å². The van der Waals surface area contributed by atoms with Crippen molar-refractivity contribution in [2.24, 2.45) is 11.8 Å². The zero-order valence-corrected chi connectivity index (χ0v) is 17.5. The van der Waals surface area contributed by atoms with Crippen molar-refractivity contribution in [2.45, 2.75) is 56.6 Å². The molecular weight excluding hydrogens is 380 g/mol. The molecule has 0 amide bonds. The van der Waals surface area contributed by atoms with Gasteiger partial charge in [-0.1, -0.05) is 0 Å². The third kappa shape index (κ3) is 3.26. The molecule has 3 heterocycles. The molecule has 8 nitrogen and oxygen atoms in total. The second kappa shape index (κ2) is 6.65. The van der Waals surface area contributed by atoms with Crippen LogP contribution in [0.4, 0.5) is 11.6 Å². The summed E-state index contributed by atoms with van der Waals surface area (Å²) >= 11 is 0. The number of nitrogens with one attached hydrogen (secondary N) is 1. The molecule has 4 bridgehead atoms. The van der Waals surface area contributed by atoms with E-state index in [4.69, 9.17) is 14.7 Å². The lowest BCUT2D eigenvalue weighted by Gasteiger charge is -2.60. The van der Waals surface area contributed by atoms with Gasteiger partial charge in [-0.05, 0) is 63.4 Å². The summed E-state index contributed by atoms with van der Waals surface area (Å²) in [5.41, 5.74) is 0.374. The van der Waals surface area contributed by atoms with Crippen LogP contribution in [-0.2, 0) is 4.74 Å². The van der Waals surface area contributed by atoms with Crippen LogP contribution in [0.3, 0.4) is 0 Å². The molecule has 4 saturated carbocycles. The van der Waals surface area contributed by atoms with E-state index in [1.165, 1.54) is 6.42 Å². The molecule has 1 aliphatic heterocycles. The van der Waals surface area contributed by atoms with Gasteiger partial charge in [0.05, 0.1) is 24.5 Å². The van der Waals surface area contributed by atoms with Gasteiger partial charge in [-0.2, -0.15) is 15.1 Å². The highest BCUT2D eigenvalue weighted by molar-refractivity contribution is 5.53. The van der Waals surface area contributed by atoms with E-state index in [9.17, 15) is 5.11 Å². The van der Waals surface area contributed by atoms with Crippen LogP contribution in [0.2, 0.25) is 0 Å². The zero-order chi connectivity index (χ0) is 20.3. The van der Waals surface area contributed by atoms with Gasteiger partial charge in [0.25, 0.3) is 5.95 Å². The molecule has 2 aromatic heterocycles. The Morgan fingerprint density at radius 1 is 1.13 bits per heavy atom. The number of hydrogen-bond acceptors (Lipinski definition) is 7. The van der Waals surface area contributed by atoms with E-state index in [0.29, 0.717) is 31.0 Å². The van der Waals surface area contributed by atoms with Crippen molar-refractivity contribution < 1.29 is 9.84 Å². The fourth-order valence-electron chi connectivity index (χ4n) is 6.70. The van der Waals surface area contributed by atoms with Gasteiger partial charge >= 0.3 is 0 Å². The van der Waals surface area contributed by atoms with Gasteiger partial charge in [0.2, 0.25) is 0 Å². The fraction of sp³-hybridized carbons (Fsp3) is 0.682. The first-order chi connectivity index (χ1) is 14.5. The minimum Gasteiger partial charge on any atom is -0.390 e. The molecule has 30 heavy (non-hydrogen) atoms. The Labute approximate surface area is 176 Å². The first-order valence-electron chi connectivity index (χ1n) is 11.2. The topological polar surface area (TPSA) is 88.3 Å². The fourth-order valence-corrected chi connectivity index (χ4v) is 6.70. The highest BCUT2D eigenvalue weighted by Gasteiger charge is 2.57. The minimum atomic E-state index is -0.501. The standard InChI is InChI=1S/C22H30N6O2/c1-15-2-3-28(26-15)20-23-18(9-19(24-20)27-4-6-30-7-5-27)25-21-10-16-8-17(11-21)13-22(29,12-16)14-21/h2-3,9,16-17,29H,4-8,10-14H2,1H3,(H,23,24,25). The molecule has 1 saturated heterocycles. The molecule has 160 valence electrons. The summed E-state index contributed by atoms with van der Waals surface area (Å²) < 4.78 is 7.27. The molecule has 0 radical (unpaired) electrons. The second-order valence-corrected chi connectivity index (χ2v) is 10.0. The van der Waals surface area contributed by atoms with Crippen molar-refractivity contribution in [3.63, 3.8) is 0 Å². The van der Waals surface area contributed by atoms with Crippen molar-refractivity contribution in [2.75, 3.05) is 36.5 Å².